The predicted molar refractivity (Wildman–Crippen MR) is 215 cm³/mol. The van der Waals surface area contributed by atoms with E-state index in [-0.39, 0.29) is 12.1 Å². The molecule has 0 saturated carbocycles. The van der Waals surface area contributed by atoms with Crippen molar-refractivity contribution in [2.75, 3.05) is 21.3 Å². The molecule has 2 atom stereocenters. The lowest BCUT2D eigenvalue weighted by molar-refractivity contribution is -0.137. The van der Waals surface area contributed by atoms with Crippen molar-refractivity contribution in [2.45, 2.75) is 45.2 Å². The highest BCUT2D eigenvalue weighted by Crippen LogP contribution is 2.35. The second kappa shape index (κ2) is 19.3. The van der Waals surface area contributed by atoms with Crippen LogP contribution in [0.15, 0.2) is 134 Å². The van der Waals surface area contributed by atoms with Crippen LogP contribution in [0, 0.1) is 0 Å². The molecule has 6 aromatic rings. The van der Waals surface area contributed by atoms with Crippen molar-refractivity contribution in [3.63, 3.8) is 0 Å². The van der Waals surface area contributed by atoms with Crippen LogP contribution in [0.3, 0.4) is 0 Å². The van der Waals surface area contributed by atoms with Crippen LogP contribution in [0.5, 0.6) is 17.2 Å². The van der Waals surface area contributed by atoms with Crippen molar-refractivity contribution in [1.29, 1.82) is 0 Å². The Kier molecular flexibility index (Phi) is 14.3. The van der Waals surface area contributed by atoms with Crippen LogP contribution in [0.25, 0.3) is 22.3 Å². The van der Waals surface area contributed by atoms with Gasteiger partial charge in [0.1, 0.15) is 17.2 Å². The largest absolute Gasteiger partial charge is 0.497 e. The van der Waals surface area contributed by atoms with Crippen LogP contribution < -0.4 is 24.8 Å². The number of rotatable bonds is 13. The van der Waals surface area contributed by atoms with E-state index in [1.165, 1.54) is 23.3 Å². The molecule has 5 aromatic carbocycles. The molecule has 6 nitrogen and oxygen atoms in total. The number of aromatic nitrogens is 1. The molecular formula is C45H45ClF3N3O3. The van der Waals surface area contributed by atoms with Crippen molar-refractivity contribution in [2.24, 2.45) is 0 Å². The number of halogens is 4. The molecule has 0 aliphatic carbocycles. The highest BCUT2D eigenvalue weighted by atomic mass is 35.5. The molecule has 0 amide bonds. The van der Waals surface area contributed by atoms with Gasteiger partial charge in [0, 0.05) is 59.3 Å². The number of nitrogens with one attached hydrogen (secondary N) is 2. The molecule has 286 valence electrons. The average Bonchev–Trinajstić information content (AvgIpc) is 3.22. The van der Waals surface area contributed by atoms with Crippen molar-refractivity contribution in [3.05, 3.63) is 167 Å². The second-order valence-electron chi connectivity index (χ2n) is 12.9. The first-order chi connectivity index (χ1) is 26.5. The van der Waals surface area contributed by atoms with Gasteiger partial charge in [0.25, 0.3) is 0 Å². The van der Waals surface area contributed by atoms with Gasteiger partial charge in [-0.25, -0.2) is 0 Å². The molecule has 0 bridgehead atoms. The number of pyridine rings is 1. The van der Waals surface area contributed by atoms with Crippen LogP contribution in [0.1, 0.15) is 53.7 Å². The number of hydrogen-bond donors (Lipinski definition) is 2. The molecule has 0 radical (unpaired) electrons. The third-order valence-electron chi connectivity index (χ3n) is 9.19. The lowest BCUT2D eigenvalue weighted by Gasteiger charge is -2.16. The Balaban J connectivity index is 0.000000212. The zero-order chi connectivity index (χ0) is 39.4. The van der Waals surface area contributed by atoms with Crippen LogP contribution in [0.4, 0.5) is 13.2 Å². The molecule has 1 heterocycles. The van der Waals surface area contributed by atoms with E-state index in [1.54, 1.807) is 27.5 Å². The van der Waals surface area contributed by atoms with Gasteiger partial charge in [-0.1, -0.05) is 66.2 Å². The normalized spacial score (nSPS) is 12.2. The van der Waals surface area contributed by atoms with E-state index >= 15 is 0 Å². The summed E-state index contributed by atoms with van der Waals surface area (Å²) in [4.78, 5) is 4.21. The Hall–Kier alpha value is -5.35. The van der Waals surface area contributed by atoms with Gasteiger partial charge in [0.15, 0.2) is 0 Å². The first-order valence-corrected chi connectivity index (χ1v) is 18.1. The summed E-state index contributed by atoms with van der Waals surface area (Å²) >= 11 is 6.06. The molecule has 0 unspecified atom stereocenters. The quantitative estimate of drug-likeness (QED) is 0.122. The highest BCUT2D eigenvalue weighted by molar-refractivity contribution is 6.30. The van der Waals surface area contributed by atoms with Crippen molar-refractivity contribution in [1.82, 2.24) is 15.6 Å². The van der Waals surface area contributed by atoms with Crippen LogP contribution >= 0.6 is 11.6 Å². The minimum Gasteiger partial charge on any atom is -0.497 e. The Labute approximate surface area is 326 Å². The molecule has 1 aromatic heterocycles. The van der Waals surface area contributed by atoms with E-state index in [9.17, 15) is 13.2 Å². The van der Waals surface area contributed by atoms with E-state index in [2.05, 4.69) is 46.8 Å². The van der Waals surface area contributed by atoms with Crippen LogP contribution in [0.2, 0.25) is 5.02 Å². The molecule has 0 saturated heterocycles. The van der Waals surface area contributed by atoms with E-state index in [4.69, 9.17) is 25.8 Å². The zero-order valence-electron chi connectivity index (χ0n) is 31.5. The smallest absolute Gasteiger partial charge is 0.416 e. The Morgan fingerprint density at radius 1 is 0.618 bits per heavy atom. The maximum atomic E-state index is 12.8. The molecule has 0 aliphatic rings. The van der Waals surface area contributed by atoms with Crippen molar-refractivity contribution in [3.8, 4) is 39.5 Å². The van der Waals surface area contributed by atoms with Crippen molar-refractivity contribution >= 4 is 11.6 Å². The average molecular weight is 768 g/mol. The third-order valence-corrected chi connectivity index (χ3v) is 9.43. The predicted octanol–water partition coefficient (Wildman–Crippen LogP) is 11.5. The topological polar surface area (TPSA) is 64.6 Å². The summed E-state index contributed by atoms with van der Waals surface area (Å²) in [6.07, 6.45) is -0.726. The fourth-order valence-corrected chi connectivity index (χ4v) is 6.21. The van der Waals surface area contributed by atoms with Crippen molar-refractivity contribution < 1.29 is 27.4 Å². The van der Waals surface area contributed by atoms with E-state index in [1.807, 2.05) is 85.9 Å². The molecule has 0 spiro atoms. The van der Waals surface area contributed by atoms with Gasteiger partial charge >= 0.3 is 6.18 Å². The van der Waals surface area contributed by atoms with Gasteiger partial charge in [-0.3, -0.25) is 4.98 Å². The lowest BCUT2D eigenvalue weighted by atomic mass is 10.00. The van der Waals surface area contributed by atoms with E-state index < -0.39 is 11.7 Å². The molecule has 10 heteroatoms. The Morgan fingerprint density at radius 3 is 1.69 bits per heavy atom. The monoisotopic (exact) mass is 767 g/mol. The van der Waals surface area contributed by atoms with Crippen LogP contribution in [-0.2, 0) is 19.3 Å². The van der Waals surface area contributed by atoms with Gasteiger partial charge in [0.2, 0.25) is 0 Å². The summed E-state index contributed by atoms with van der Waals surface area (Å²) < 4.78 is 54.7. The minimum atomic E-state index is -4.36. The number of methoxy groups -OCH3 is 3. The summed E-state index contributed by atoms with van der Waals surface area (Å²) in [5.41, 5.74) is 7.30. The van der Waals surface area contributed by atoms with Gasteiger partial charge in [0.05, 0.1) is 26.9 Å². The molecule has 0 aliphatic heterocycles. The standard InChI is InChI=1S/C23H21ClF3NO.C22H24N2O2/c1-15(18-4-3-5-20(24)13-18)28-14-16-6-11-22(29-2)21(12-16)17-7-9-19(10-8-17)23(25,26)27;1-16(18-6-4-8-20(13-18)25-2)24-14-17-9-10-22(26-3)21(12-17)19-7-5-11-23-15-19/h3-13,15,28H,14H2,1-2H3;4-13,15-16,24H,14H2,1-3H3/t15-;16-/m11/s1. The van der Waals surface area contributed by atoms with E-state index in [0.29, 0.717) is 22.9 Å². The second-order valence-corrected chi connectivity index (χ2v) is 13.4. The summed E-state index contributed by atoms with van der Waals surface area (Å²) in [6, 6.07) is 37.1. The van der Waals surface area contributed by atoms with E-state index in [0.717, 1.165) is 58.0 Å². The molecular weight excluding hydrogens is 723 g/mol. The fraction of sp³-hybridized carbons (Fsp3) is 0.222. The lowest BCUT2D eigenvalue weighted by Crippen LogP contribution is -2.18. The Morgan fingerprint density at radius 2 is 1.18 bits per heavy atom. The number of ether oxygens (including phenoxy) is 3. The number of hydrogen-bond acceptors (Lipinski definition) is 6. The highest BCUT2D eigenvalue weighted by Gasteiger charge is 2.30. The maximum Gasteiger partial charge on any atom is 0.416 e. The first-order valence-electron chi connectivity index (χ1n) is 17.8. The Bertz CT molecular complexity index is 2130. The van der Waals surface area contributed by atoms with Gasteiger partial charge in [-0.2, -0.15) is 13.2 Å². The summed E-state index contributed by atoms with van der Waals surface area (Å²) in [5.74, 6) is 2.33. The first kappa shape index (κ1) is 40.8. The zero-order valence-corrected chi connectivity index (χ0v) is 32.2. The van der Waals surface area contributed by atoms with Crippen LogP contribution in [-0.4, -0.2) is 26.3 Å². The molecule has 55 heavy (non-hydrogen) atoms. The summed E-state index contributed by atoms with van der Waals surface area (Å²) in [6.45, 7) is 5.55. The number of benzene rings is 5. The third kappa shape index (κ3) is 11.3. The maximum absolute atomic E-state index is 12.8. The SMILES string of the molecule is COc1ccc(CN[C@H](C)c2cccc(Cl)c2)cc1-c1ccc(C(F)(F)F)cc1.COc1cccc([C@@H](C)NCc2ccc(OC)c(-c3cccnc3)c2)c1. The number of nitrogens with zero attached hydrogens (tertiary/aromatic N) is 1. The molecule has 0 fully saturated rings. The molecule has 2 N–H and O–H groups in total. The summed E-state index contributed by atoms with van der Waals surface area (Å²) in [7, 11) is 4.93. The van der Waals surface area contributed by atoms with Gasteiger partial charge < -0.3 is 24.8 Å². The fourth-order valence-electron chi connectivity index (χ4n) is 6.01. The van der Waals surface area contributed by atoms with Gasteiger partial charge in [-0.05, 0) is 108 Å². The number of alkyl halides is 3. The van der Waals surface area contributed by atoms with Gasteiger partial charge in [-0.15, -0.1) is 0 Å². The molecule has 6 rings (SSSR count). The summed E-state index contributed by atoms with van der Waals surface area (Å²) in [5, 5.41) is 7.70. The minimum absolute atomic E-state index is 0.0883.